The molecule has 3 nitrogen and oxygen atoms in total. The maximum absolute atomic E-state index is 7.16. The van der Waals surface area contributed by atoms with Crippen LogP contribution in [0.15, 0.2) is 168 Å². The van der Waals surface area contributed by atoms with Crippen LogP contribution in [0.1, 0.15) is 25.0 Å². The minimum atomic E-state index is -0.242. The zero-order valence-electron chi connectivity index (χ0n) is 36.9. The van der Waals surface area contributed by atoms with Crippen molar-refractivity contribution in [2.75, 3.05) is 4.90 Å². The van der Waals surface area contributed by atoms with Crippen LogP contribution < -0.4 is 32.2 Å². The Hall–Kier alpha value is -7.04. The van der Waals surface area contributed by atoms with E-state index in [1.165, 1.54) is 98.7 Å². The van der Waals surface area contributed by atoms with Crippen molar-refractivity contribution in [2.45, 2.75) is 19.3 Å². The molecular weight excluding hydrogens is 759 g/mol. The molecule has 63 heavy (non-hydrogen) atoms. The number of nitrogens with zero attached hydrogens (tertiary/aromatic N) is 2. The van der Waals surface area contributed by atoms with E-state index in [9.17, 15) is 0 Å². The fourth-order valence-electron chi connectivity index (χ4n) is 11.2. The monoisotopic (exact) mass is 802 g/mol. The third-order valence-corrected chi connectivity index (χ3v) is 14.8. The van der Waals surface area contributed by atoms with Crippen molar-refractivity contribution < 1.29 is 4.42 Å². The third-order valence-electron chi connectivity index (χ3n) is 14.8. The molecule has 0 spiro atoms. The van der Waals surface area contributed by atoms with Crippen molar-refractivity contribution in [3.63, 3.8) is 0 Å². The number of rotatable bonds is 5. The minimum Gasteiger partial charge on any atom is -0.454 e. The molecule has 0 bridgehead atoms. The lowest BCUT2D eigenvalue weighted by atomic mass is 9.59. The van der Waals surface area contributed by atoms with Gasteiger partial charge in [-0.15, -0.1) is 16.4 Å². The predicted octanol–water partition coefficient (Wildman–Crippen LogP) is 6.57. The molecule has 0 saturated carbocycles. The fraction of sp³-hybridized carbons (Fsp3) is 0.0545. The molecule has 0 N–H and O–H groups in total. The Balaban J connectivity index is 1.21. The van der Waals surface area contributed by atoms with Gasteiger partial charge in [0.15, 0.2) is 5.58 Å². The number of para-hydroxylation sites is 3. The summed E-state index contributed by atoms with van der Waals surface area (Å²) in [5.41, 5.74) is 22.8. The van der Waals surface area contributed by atoms with Crippen LogP contribution in [0.3, 0.4) is 0 Å². The minimum absolute atomic E-state index is 0.242. The van der Waals surface area contributed by atoms with Gasteiger partial charge < -0.3 is 13.9 Å². The molecule has 0 atom stereocenters. The number of anilines is 3. The van der Waals surface area contributed by atoms with Gasteiger partial charge in [-0.1, -0.05) is 134 Å². The molecule has 1 aliphatic carbocycles. The molecule has 294 valence electrons. The molecule has 2 heterocycles. The van der Waals surface area contributed by atoms with Gasteiger partial charge in [0, 0.05) is 43.7 Å². The molecule has 1 aliphatic rings. The van der Waals surface area contributed by atoms with Gasteiger partial charge in [-0.3, -0.25) is 0 Å². The van der Waals surface area contributed by atoms with Crippen LogP contribution in [0.5, 0.6) is 0 Å². The summed E-state index contributed by atoms with van der Waals surface area (Å²) in [6.45, 7) is 4.76. The van der Waals surface area contributed by atoms with Crippen molar-refractivity contribution in [2.24, 2.45) is 0 Å². The maximum Gasteiger partial charge on any atom is 0.160 e. The lowest BCUT2D eigenvalue weighted by Gasteiger charge is -2.30. The van der Waals surface area contributed by atoms with Gasteiger partial charge in [0.25, 0.3) is 0 Å². The first-order chi connectivity index (χ1) is 30.6. The molecule has 0 saturated heterocycles. The van der Waals surface area contributed by atoms with E-state index >= 15 is 0 Å². The molecule has 0 fully saturated rings. The number of benzene rings is 9. The van der Waals surface area contributed by atoms with Crippen molar-refractivity contribution in [1.82, 2.24) is 4.57 Å². The van der Waals surface area contributed by atoms with Gasteiger partial charge in [0.05, 0.1) is 22.4 Å². The number of fused-ring (bicyclic) bond motifs is 11. The largest absolute Gasteiger partial charge is 0.454 e. The van der Waals surface area contributed by atoms with Gasteiger partial charge in [-0.25, -0.2) is 0 Å². The summed E-state index contributed by atoms with van der Waals surface area (Å²) in [6, 6.07) is 60.3. The standard InChI is InChI=1S/C55H43B5N2O/c1-55(2)39-21-11-8-19-36(39)46-40(55)29-44(54-47(46)37-20-10-13-23-45(37)63-54)62(31-24-26-43-38(28-31)34-18-9-12-22-41(34)61(43)30-14-4-3-5-15-30)42-27-25-35(32-16-6-7-17-33(32)42)48-49(56)51(58)53(60)52(59)50(48)57/h3-29H,56-60H2,1-2H3. The van der Waals surface area contributed by atoms with E-state index < -0.39 is 0 Å². The summed E-state index contributed by atoms with van der Waals surface area (Å²) in [7, 11) is 11.4. The Morgan fingerprint density at radius 2 is 1.08 bits per heavy atom. The molecule has 0 aliphatic heterocycles. The molecular formula is C55H43B5N2O. The summed E-state index contributed by atoms with van der Waals surface area (Å²) >= 11 is 0. The van der Waals surface area contributed by atoms with Crippen molar-refractivity contribution in [3.8, 4) is 27.9 Å². The zero-order valence-corrected chi connectivity index (χ0v) is 36.9. The van der Waals surface area contributed by atoms with Crippen LogP contribution in [0.4, 0.5) is 17.1 Å². The maximum atomic E-state index is 7.16. The smallest absolute Gasteiger partial charge is 0.160 e. The van der Waals surface area contributed by atoms with E-state index in [1.54, 1.807) is 0 Å². The van der Waals surface area contributed by atoms with Crippen molar-refractivity contribution in [3.05, 3.63) is 175 Å². The molecule has 0 amide bonds. The second-order valence-electron chi connectivity index (χ2n) is 18.2. The van der Waals surface area contributed by atoms with Crippen LogP contribution in [0.25, 0.3) is 82.5 Å². The van der Waals surface area contributed by atoms with Gasteiger partial charge in [-0.05, 0) is 93.4 Å². The number of hydrogen-bond acceptors (Lipinski definition) is 2. The lowest BCUT2D eigenvalue weighted by molar-refractivity contribution is 0.657. The van der Waals surface area contributed by atoms with E-state index in [0.717, 1.165) is 39.3 Å². The van der Waals surface area contributed by atoms with Crippen molar-refractivity contribution in [1.29, 1.82) is 0 Å². The summed E-state index contributed by atoms with van der Waals surface area (Å²) in [5.74, 6) is 0. The van der Waals surface area contributed by atoms with Crippen LogP contribution in [-0.2, 0) is 5.41 Å². The normalized spacial score (nSPS) is 13.0. The third kappa shape index (κ3) is 5.28. The average molecular weight is 802 g/mol. The molecule has 11 aromatic rings. The second kappa shape index (κ2) is 13.7. The fourth-order valence-corrected chi connectivity index (χ4v) is 11.2. The molecule has 12 rings (SSSR count). The van der Waals surface area contributed by atoms with Crippen LogP contribution in [0.2, 0.25) is 0 Å². The van der Waals surface area contributed by atoms with E-state index in [-0.39, 0.29) is 5.41 Å². The van der Waals surface area contributed by atoms with Gasteiger partial charge >= 0.3 is 0 Å². The lowest BCUT2D eigenvalue weighted by Crippen LogP contribution is -2.55. The Morgan fingerprint density at radius 3 is 1.86 bits per heavy atom. The van der Waals surface area contributed by atoms with Crippen molar-refractivity contribution >= 4 is 138 Å². The topological polar surface area (TPSA) is 21.3 Å². The summed E-state index contributed by atoms with van der Waals surface area (Å²) in [4.78, 5) is 2.50. The van der Waals surface area contributed by atoms with E-state index in [2.05, 4.69) is 226 Å². The van der Waals surface area contributed by atoms with E-state index in [0.29, 0.717) is 0 Å². The molecule has 8 heteroatoms. The van der Waals surface area contributed by atoms with Crippen LogP contribution in [-0.4, -0.2) is 43.8 Å². The van der Waals surface area contributed by atoms with Crippen LogP contribution >= 0.6 is 0 Å². The molecule has 2 aromatic heterocycles. The van der Waals surface area contributed by atoms with Crippen LogP contribution in [0, 0.1) is 0 Å². The predicted molar refractivity (Wildman–Crippen MR) is 284 cm³/mol. The highest BCUT2D eigenvalue weighted by Gasteiger charge is 2.39. The second-order valence-corrected chi connectivity index (χ2v) is 18.2. The SMILES string of the molecule is Bc1c(B)c(B)c(-c2ccc(N(c3ccc4c(c3)c3ccccc3n4-c3ccccc3)c3cc4c(c5c3oc3ccccc35)-c3ccccc3C4(C)C)c3ccccc23)c(B)c1B. The van der Waals surface area contributed by atoms with Gasteiger partial charge in [-0.2, -0.15) is 0 Å². The highest BCUT2D eigenvalue weighted by atomic mass is 16.3. The Morgan fingerprint density at radius 1 is 0.460 bits per heavy atom. The Labute approximate surface area is 372 Å². The first-order valence-corrected chi connectivity index (χ1v) is 22.2. The summed E-state index contributed by atoms with van der Waals surface area (Å²) in [5, 5.41) is 7.13. The summed E-state index contributed by atoms with van der Waals surface area (Å²) < 4.78 is 9.56. The molecule has 9 aromatic carbocycles. The Kier molecular flexibility index (Phi) is 8.22. The van der Waals surface area contributed by atoms with E-state index in [4.69, 9.17) is 4.42 Å². The van der Waals surface area contributed by atoms with Gasteiger partial charge in [0.1, 0.15) is 44.8 Å². The molecule has 0 radical (unpaired) electrons. The number of furan rings is 1. The number of hydrogen-bond donors (Lipinski definition) is 0. The molecule has 0 unspecified atom stereocenters. The quantitative estimate of drug-likeness (QED) is 0.184. The number of aromatic nitrogens is 1. The zero-order chi connectivity index (χ0) is 42.9. The highest BCUT2D eigenvalue weighted by molar-refractivity contribution is 6.69. The average Bonchev–Trinajstić information content (AvgIpc) is 3.94. The first-order valence-electron chi connectivity index (χ1n) is 22.2. The van der Waals surface area contributed by atoms with Gasteiger partial charge in [0.2, 0.25) is 0 Å². The highest BCUT2D eigenvalue weighted by Crippen LogP contribution is 2.57. The first kappa shape index (κ1) is 37.7. The summed E-state index contributed by atoms with van der Waals surface area (Å²) in [6.07, 6.45) is 0. The van der Waals surface area contributed by atoms with E-state index in [1.807, 2.05) is 0 Å². The Bertz CT molecular complexity index is 3710.